The number of aromatic hydroxyl groups is 1. The van der Waals surface area contributed by atoms with E-state index in [1.165, 1.54) is 26.0 Å². The molecule has 2 heterocycles. The van der Waals surface area contributed by atoms with Gasteiger partial charge in [0, 0.05) is 5.56 Å². The number of fused-ring (bicyclic) bond motifs is 1. The molecule has 1 atom stereocenters. The van der Waals surface area contributed by atoms with E-state index in [1.807, 2.05) is 31.2 Å². The highest BCUT2D eigenvalue weighted by Crippen LogP contribution is 2.48. The van der Waals surface area contributed by atoms with Gasteiger partial charge in [0.15, 0.2) is 11.5 Å². The number of phenols is 1. The molecule has 1 aromatic heterocycles. The number of hydrogen-bond acceptors (Lipinski definition) is 7. The largest absolute Gasteiger partial charge is 0.502 e. The average Bonchev–Trinajstić information content (AvgIpc) is 2.98. The number of anilines is 1. The summed E-state index contributed by atoms with van der Waals surface area (Å²) in [4.78, 5) is 12.5. The molecule has 0 bridgehead atoms. The van der Waals surface area contributed by atoms with E-state index in [0.717, 1.165) is 28.3 Å². The van der Waals surface area contributed by atoms with E-state index in [4.69, 9.17) is 19.3 Å². The van der Waals surface area contributed by atoms with Crippen molar-refractivity contribution < 1.29 is 24.1 Å². The molecule has 2 N–H and O–H groups in total. The fraction of sp³-hybridized carbons (Fsp3) is 0.273. The van der Waals surface area contributed by atoms with Crippen LogP contribution in [0.1, 0.15) is 22.1 Å². The van der Waals surface area contributed by atoms with E-state index >= 15 is 0 Å². The molecule has 1 aliphatic heterocycles. The first kappa shape index (κ1) is 20.9. The third-order valence-corrected chi connectivity index (χ3v) is 6.40. The quantitative estimate of drug-likeness (QED) is 0.624. The fourth-order valence-electron chi connectivity index (χ4n) is 3.62. The maximum atomic E-state index is 12.5. The zero-order chi connectivity index (χ0) is 22.1. The number of benzene rings is 2. The summed E-state index contributed by atoms with van der Waals surface area (Å²) in [7, 11) is 4.59. The number of nitrogens with one attached hydrogen (secondary N) is 1. The summed E-state index contributed by atoms with van der Waals surface area (Å²) in [6.07, 6.45) is 0. The molecule has 0 spiro atoms. The third-order valence-electron chi connectivity index (χ3n) is 5.13. The number of carbonyl (C=O) groups excluding carboxylic acids is 1. The average molecular weight is 442 g/mol. The van der Waals surface area contributed by atoms with Crippen molar-refractivity contribution in [3.63, 3.8) is 0 Å². The predicted octanol–water partition coefficient (Wildman–Crippen LogP) is 3.69. The van der Waals surface area contributed by atoms with Crippen molar-refractivity contribution in [1.29, 1.82) is 0 Å². The second kappa shape index (κ2) is 8.43. The van der Waals surface area contributed by atoms with Gasteiger partial charge in [-0.1, -0.05) is 0 Å². The topological polar surface area (TPSA) is 94.8 Å². The normalized spacial score (nSPS) is 15.6. The fourth-order valence-corrected chi connectivity index (χ4v) is 4.79. The number of aromatic nitrogens is 2. The van der Waals surface area contributed by atoms with E-state index in [1.54, 1.807) is 23.9 Å². The molecule has 0 saturated heterocycles. The maximum Gasteiger partial charge on any atom is 0.235 e. The second-order valence-corrected chi connectivity index (χ2v) is 8.06. The number of ether oxygens (including phenoxy) is 3. The lowest BCUT2D eigenvalue weighted by Crippen LogP contribution is -2.15. The van der Waals surface area contributed by atoms with Crippen LogP contribution in [0.2, 0.25) is 0 Å². The minimum Gasteiger partial charge on any atom is -0.502 e. The van der Waals surface area contributed by atoms with E-state index in [-0.39, 0.29) is 22.7 Å². The highest BCUT2D eigenvalue weighted by Gasteiger charge is 2.31. The van der Waals surface area contributed by atoms with Crippen LogP contribution in [0.5, 0.6) is 23.0 Å². The Balaban J connectivity index is 1.87. The number of thioether (sulfide) groups is 1. The third kappa shape index (κ3) is 3.76. The van der Waals surface area contributed by atoms with Crippen molar-refractivity contribution in [3.05, 3.63) is 53.2 Å². The Hall–Kier alpha value is -3.33. The van der Waals surface area contributed by atoms with Crippen LogP contribution in [0.3, 0.4) is 0 Å². The number of nitrogens with zero attached hydrogens (tertiary/aromatic N) is 2. The lowest BCUT2D eigenvalue weighted by Gasteiger charge is -2.18. The van der Waals surface area contributed by atoms with Crippen LogP contribution < -0.4 is 19.5 Å². The Labute approximate surface area is 184 Å². The van der Waals surface area contributed by atoms with Gasteiger partial charge in [-0.15, -0.1) is 11.8 Å². The van der Waals surface area contributed by atoms with Crippen molar-refractivity contribution >= 4 is 23.5 Å². The first-order valence-corrected chi connectivity index (χ1v) is 10.6. The molecule has 0 radical (unpaired) electrons. The molecule has 0 fully saturated rings. The Morgan fingerprint density at radius 2 is 1.74 bits per heavy atom. The van der Waals surface area contributed by atoms with Gasteiger partial charge in [-0.05, 0) is 48.9 Å². The second-order valence-electron chi connectivity index (χ2n) is 6.97. The van der Waals surface area contributed by atoms with Gasteiger partial charge in [0.25, 0.3) is 0 Å². The maximum absolute atomic E-state index is 12.5. The van der Waals surface area contributed by atoms with Crippen molar-refractivity contribution in [2.75, 3.05) is 32.4 Å². The minimum atomic E-state index is -0.218. The molecule has 8 nitrogen and oxygen atoms in total. The number of amides is 1. The van der Waals surface area contributed by atoms with E-state index < -0.39 is 0 Å². The van der Waals surface area contributed by atoms with E-state index in [2.05, 4.69) is 5.32 Å². The van der Waals surface area contributed by atoms with Gasteiger partial charge in [-0.25, -0.2) is 4.68 Å². The van der Waals surface area contributed by atoms with Crippen molar-refractivity contribution in [2.45, 2.75) is 12.2 Å². The Morgan fingerprint density at radius 1 is 1.10 bits per heavy atom. The lowest BCUT2D eigenvalue weighted by molar-refractivity contribution is -0.113. The molecule has 0 aliphatic carbocycles. The summed E-state index contributed by atoms with van der Waals surface area (Å²) in [5, 5.41) is 17.8. The standard InChI is InChI=1S/C22H23N3O5S/c1-12-19-21(13-9-16(29-3)20(27)17(10-13)30-4)31-11-18(26)23-22(19)25(24-12)14-5-7-15(28-2)8-6-14/h5-10,21,27H,11H2,1-4H3,(H,23,26). The van der Waals surface area contributed by atoms with Crippen molar-refractivity contribution in [3.8, 4) is 28.7 Å². The van der Waals surface area contributed by atoms with Crippen LogP contribution in [0.15, 0.2) is 36.4 Å². The summed E-state index contributed by atoms with van der Waals surface area (Å²) in [5.41, 5.74) is 3.32. The summed E-state index contributed by atoms with van der Waals surface area (Å²) in [6, 6.07) is 11.0. The molecule has 4 rings (SSSR count). The lowest BCUT2D eigenvalue weighted by atomic mass is 10.0. The zero-order valence-electron chi connectivity index (χ0n) is 17.6. The van der Waals surface area contributed by atoms with Crippen LogP contribution in [-0.2, 0) is 4.79 Å². The van der Waals surface area contributed by atoms with Gasteiger partial charge < -0.3 is 24.6 Å². The predicted molar refractivity (Wildman–Crippen MR) is 119 cm³/mol. The Bertz CT molecular complexity index is 1100. The highest BCUT2D eigenvalue weighted by atomic mass is 32.2. The molecule has 0 saturated carbocycles. The van der Waals surface area contributed by atoms with Crippen LogP contribution in [0.4, 0.5) is 5.82 Å². The molecule has 2 aromatic carbocycles. The number of methoxy groups -OCH3 is 3. The first-order valence-electron chi connectivity index (χ1n) is 9.57. The summed E-state index contributed by atoms with van der Waals surface area (Å²) >= 11 is 1.48. The van der Waals surface area contributed by atoms with Gasteiger partial charge in [0.05, 0.1) is 43.7 Å². The molecule has 1 unspecified atom stereocenters. The van der Waals surface area contributed by atoms with Gasteiger partial charge in [0.2, 0.25) is 11.7 Å². The monoisotopic (exact) mass is 441 g/mol. The van der Waals surface area contributed by atoms with E-state index in [0.29, 0.717) is 17.3 Å². The SMILES string of the molecule is COc1ccc(-n2nc(C)c3c2NC(=O)CSC3c2cc(OC)c(O)c(OC)c2)cc1. The number of rotatable bonds is 5. The molecule has 3 aromatic rings. The van der Waals surface area contributed by atoms with Gasteiger partial charge >= 0.3 is 0 Å². The minimum absolute atomic E-state index is 0.0625. The molecule has 1 aliphatic rings. The first-order chi connectivity index (χ1) is 15.0. The smallest absolute Gasteiger partial charge is 0.235 e. The summed E-state index contributed by atoms with van der Waals surface area (Å²) in [6.45, 7) is 1.92. The van der Waals surface area contributed by atoms with Gasteiger partial charge in [-0.2, -0.15) is 5.10 Å². The van der Waals surface area contributed by atoms with E-state index in [9.17, 15) is 9.90 Å². The Morgan fingerprint density at radius 3 is 2.32 bits per heavy atom. The van der Waals surface area contributed by atoms with Crippen LogP contribution in [0.25, 0.3) is 5.69 Å². The number of aryl methyl sites for hydroxylation is 1. The van der Waals surface area contributed by atoms with Crippen molar-refractivity contribution in [2.24, 2.45) is 0 Å². The zero-order valence-corrected chi connectivity index (χ0v) is 18.4. The highest BCUT2D eigenvalue weighted by molar-refractivity contribution is 8.00. The molecule has 162 valence electrons. The van der Waals surface area contributed by atoms with Crippen LogP contribution in [-0.4, -0.2) is 47.9 Å². The van der Waals surface area contributed by atoms with Gasteiger partial charge in [0.1, 0.15) is 11.6 Å². The molecular formula is C22H23N3O5S. The Kier molecular flexibility index (Phi) is 5.69. The number of phenolic OH excluding ortho intramolecular Hbond substituents is 1. The number of carbonyl (C=O) groups is 1. The molecular weight excluding hydrogens is 418 g/mol. The molecule has 1 amide bonds. The van der Waals surface area contributed by atoms with Crippen LogP contribution >= 0.6 is 11.8 Å². The molecule has 9 heteroatoms. The summed E-state index contributed by atoms with van der Waals surface area (Å²) < 4.78 is 17.6. The number of hydrogen-bond donors (Lipinski definition) is 2. The summed E-state index contributed by atoms with van der Waals surface area (Å²) in [5.74, 6) is 2.06. The van der Waals surface area contributed by atoms with Crippen LogP contribution in [0, 0.1) is 6.92 Å². The van der Waals surface area contributed by atoms with Crippen molar-refractivity contribution in [1.82, 2.24) is 9.78 Å². The van der Waals surface area contributed by atoms with Gasteiger partial charge in [-0.3, -0.25) is 4.79 Å². The molecule has 31 heavy (non-hydrogen) atoms.